The molecule has 1 saturated heterocycles. The molecule has 2 rings (SSSR count). The van der Waals surface area contributed by atoms with Crippen LogP contribution >= 0.6 is 0 Å². The Bertz CT molecular complexity index is 452. The second-order valence-electron chi connectivity index (χ2n) is 5.87. The Kier molecular flexibility index (Phi) is 5.73. The molecular formula is C16H25N3O2. The predicted molar refractivity (Wildman–Crippen MR) is 82.8 cm³/mol. The van der Waals surface area contributed by atoms with Gasteiger partial charge < -0.3 is 16.2 Å². The average Bonchev–Trinajstić information content (AvgIpc) is 2.86. The first-order valence-corrected chi connectivity index (χ1v) is 7.51. The van der Waals surface area contributed by atoms with Crippen molar-refractivity contribution < 1.29 is 9.90 Å². The van der Waals surface area contributed by atoms with Gasteiger partial charge in [-0.2, -0.15) is 0 Å². The summed E-state index contributed by atoms with van der Waals surface area (Å²) in [6.45, 7) is 3.77. The quantitative estimate of drug-likeness (QED) is 0.696. The van der Waals surface area contributed by atoms with Crippen LogP contribution in [0.3, 0.4) is 0 Å². The van der Waals surface area contributed by atoms with E-state index in [2.05, 4.69) is 10.2 Å². The molecule has 0 radical (unpaired) electrons. The first-order chi connectivity index (χ1) is 10.0. The van der Waals surface area contributed by atoms with Crippen molar-refractivity contribution in [1.29, 1.82) is 0 Å². The zero-order valence-corrected chi connectivity index (χ0v) is 12.5. The fraction of sp³-hybridized carbons (Fsp3) is 0.562. The summed E-state index contributed by atoms with van der Waals surface area (Å²) in [5, 5.41) is 13.2. The van der Waals surface area contributed by atoms with Crippen LogP contribution in [0.5, 0.6) is 0 Å². The molecule has 1 aliphatic rings. The molecule has 1 fully saturated rings. The second-order valence-corrected chi connectivity index (χ2v) is 5.87. The van der Waals surface area contributed by atoms with Gasteiger partial charge in [0.25, 0.3) is 0 Å². The maximum Gasteiger partial charge on any atom is 0.217 e. The summed E-state index contributed by atoms with van der Waals surface area (Å²) in [6.07, 6.45) is 1.05. The highest BCUT2D eigenvalue weighted by molar-refractivity contribution is 5.73. The lowest BCUT2D eigenvalue weighted by molar-refractivity contribution is -0.119. The molecule has 1 aromatic carbocycles. The molecule has 0 aliphatic carbocycles. The summed E-state index contributed by atoms with van der Waals surface area (Å²) in [5.74, 6) is 0.00294. The van der Waals surface area contributed by atoms with Crippen LogP contribution in [0.1, 0.15) is 18.9 Å². The standard InChI is InChI=1S/C16H25N3O2/c1-12(20)18-14-7-8-19(10-14)11-16(21)15(17)9-13-5-3-2-4-6-13/h2-6,14-16,21H,7-11,17H2,1H3,(H,18,20). The Morgan fingerprint density at radius 3 is 2.86 bits per heavy atom. The number of nitrogens with zero attached hydrogens (tertiary/aromatic N) is 1. The second kappa shape index (κ2) is 7.54. The lowest BCUT2D eigenvalue weighted by Crippen LogP contribution is -2.45. The van der Waals surface area contributed by atoms with E-state index in [9.17, 15) is 9.90 Å². The normalized spacial score (nSPS) is 22.0. The van der Waals surface area contributed by atoms with Gasteiger partial charge in [-0.25, -0.2) is 0 Å². The van der Waals surface area contributed by atoms with Crippen LogP contribution in [0.15, 0.2) is 30.3 Å². The fourth-order valence-corrected chi connectivity index (χ4v) is 2.83. The summed E-state index contributed by atoms with van der Waals surface area (Å²) < 4.78 is 0. The van der Waals surface area contributed by atoms with Crippen LogP contribution in [0.25, 0.3) is 0 Å². The van der Waals surface area contributed by atoms with Crippen molar-refractivity contribution in [2.45, 2.75) is 38.0 Å². The number of hydrogen-bond acceptors (Lipinski definition) is 4. The van der Waals surface area contributed by atoms with Gasteiger partial charge >= 0.3 is 0 Å². The van der Waals surface area contributed by atoms with Crippen molar-refractivity contribution in [1.82, 2.24) is 10.2 Å². The largest absolute Gasteiger partial charge is 0.390 e. The molecule has 1 amide bonds. The average molecular weight is 291 g/mol. The molecule has 1 aromatic rings. The van der Waals surface area contributed by atoms with Crippen molar-refractivity contribution in [3.63, 3.8) is 0 Å². The minimum absolute atomic E-state index is 0.00294. The van der Waals surface area contributed by atoms with Gasteiger partial charge in [-0.1, -0.05) is 30.3 Å². The van der Waals surface area contributed by atoms with E-state index < -0.39 is 6.10 Å². The first-order valence-electron chi connectivity index (χ1n) is 7.51. The van der Waals surface area contributed by atoms with E-state index in [1.165, 1.54) is 6.92 Å². The Labute approximate surface area is 126 Å². The third-order valence-electron chi connectivity index (χ3n) is 3.93. The summed E-state index contributed by atoms with van der Waals surface area (Å²) in [7, 11) is 0. The van der Waals surface area contributed by atoms with E-state index in [0.717, 1.165) is 25.1 Å². The van der Waals surface area contributed by atoms with Crippen molar-refractivity contribution in [2.75, 3.05) is 19.6 Å². The molecule has 3 atom stereocenters. The van der Waals surface area contributed by atoms with Crippen molar-refractivity contribution in [3.8, 4) is 0 Å². The van der Waals surface area contributed by atoms with Gasteiger partial charge in [0.15, 0.2) is 0 Å². The third kappa shape index (κ3) is 5.12. The van der Waals surface area contributed by atoms with Crippen LogP contribution in [0, 0.1) is 0 Å². The predicted octanol–water partition coefficient (Wildman–Crippen LogP) is 0.128. The molecule has 0 bridgehead atoms. The SMILES string of the molecule is CC(=O)NC1CCN(CC(O)C(N)Cc2ccccc2)C1. The summed E-state index contributed by atoms with van der Waals surface area (Å²) in [4.78, 5) is 13.2. The number of likely N-dealkylation sites (tertiary alicyclic amines) is 1. The molecule has 1 aliphatic heterocycles. The maximum absolute atomic E-state index is 11.0. The van der Waals surface area contributed by atoms with Gasteiger partial charge in [-0.05, 0) is 18.4 Å². The number of nitrogens with one attached hydrogen (secondary N) is 1. The highest BCUT2D eigenvalue weighted by Crippen LogP contribution is 2.12. The van der Waals surface area contributed by atoms with Gasteiger partial charge in [0.2, 0.25) is 5.91 Å². The van der Waals surface area contributed by atoms with E-state index in [1.54, 1.807) is 0 Å². The summed E-state index contributed by atoms with van der Waals surface area (Å²) >= 11 is 0. The van der Waals surface area contributed by atoms with E-state index in [1.807, 2.05) is 30.3 Å². The fourth-order valence-electron chi connectivity index (χ4n) is 2.83. The van der Waals surface area contributed by atoms with Gasteiger partial charge in [-0.3, -0.25) is 9.69 Å². The minimum Gasteiger partial charge on any atom is -0.390 e. The van der Waals surface area contributed by atoms with Gasteiger partial charge in [-0.15, -0.1) is 0 Å². The topological polar surface area (TPSA) is 78.6 Å². The summed E-state index contributed by atoms with van der Waals surface area (Å²) in [6, 6.07) is 9.90. The first kappa shape index (κ1) is 15.9. The van der Waals surface area contributed by atoms with Gasteiger partial charge in [0.1, 0.15) is 0 Å². The van der Waals surface area contributed by atoms with Crippen molar-refractivity contribution >= 4 is 5.91 Å². The zero-order chi connectivity index (χ0) is 15.2. The number of rotatable bonds is 6. The minimum atomic E-state index is -0.554. The Morgan fingerprint density at radius 2 is 2.19 bits per heavy atom. The lowest BCUT2D eigenvalue weighted by atomic mass is 10.0. The van der Waals surface area contributed by atoms with Gasteiger partial charge in [0, 0.05) is 38.6 Å². The number of benzene rings is 1. The number of aliphatic hydroxyl groups is 1. The smallest absolute Gasteiger partial charge is 0.217 e. The maximum atomic E-state index is 11.0. The Balaban J connectivity index is 1.76. The molecule has 5 heteroatoms. The Hall–Kier alpha value is -1.43. The Morgan fingerprint density at radius 1 is 1.48 bits per heavy atom. The highest BCUT2D eigenvalue weighted by atomic mass is 16.3. The van der Waals surface area contributed by atoms with Crippen LogP contribution in [-0.2, 0) is 11.2 Å². The van der Waals surface area contributed by atoms with Crippen LogP contribution < -0.4 is 11.1 Å². The molecule has 3 unspecified atom stereocenters. The zero-order valence-electron chi connectivity index (χ0n) is 12.5. The summed E-state index contributed by atoms with van der Waals surface area (Å²) in [5.41, 5.74) is 7.24. The number of hydrogen-bond donors (Lipinski definition) is 3. The van der Waals surface area contributed by atoms with Crippen molar-refractivity contribution in [3.05, 3.63) is 35.9 Å². The molecule has 21 heavy (non-hydrogen) atoms. The molecule has 0 aromatic heterocycles. The highest BCUT2D eigenvalue weighted by Gasteiger charge is 2.26. The number of β-amino-alcohol motifs (C(OH)–C–C–N with tert-alkyl or cyclic N) is 1. The third-order valence-corrected chi connectivity index (χ3v) is 3.93. The molecule has 4 N–H and O–H groups in total. The van der Waals surface area contributed by atoms with E-state index in [0.29, 0.717) is 13.0 Å². The van der Waals surface area contributed by atoms with Crippen LogP contribution in [-0.4, -0.2) is 53.7 Å². The molecule has 1 heterocycles. The van der Waals surface area contributed by atoms with Crippen LogP contribution in [0.2, 0.25) is 0 Å². The van der Waals surface area contributed by atoms with E-state index in [-0.39, 0.29) is 18.0 Å². The van der Waals surface area contributed by atoms with E-state index in [4.69, 9.17) is 5.73 Å². The number of carbonyl (C=O) groups is 1. The number of aliphatic hydroxyl groups excluding tert-OH is 1. The molecule has 0 spiro atoms. The monoisotopic (exact) mass is 291 g/mol. The van der Waals surface area contributed by atoms with Crippen LogP contribution in [0.4, 0.5) is 0 Å². The number of amides is 1. The van der Waals surface area contributed by atoms with E-state index >= 15 is 0 Å². The lowest BCUT2D eigenvalue weighted by Gasteiger charge is -2.24. The molecule has 0 saturated carbocycles. The van der Waals surface area contributed by atoms with Crippen molar-refractivity contribution in [2.24, 2.45) is 5.73 Å². The molecular weight excluding hydrogens is 266 g/mol. The number of carbonyl (C=O) groups excluding carboxylic acids is 1. The molecule has 5 nitrogen and oxygen atoms in total. The number of nitrogens with two attached hydrogens (primary N) is 1. The molecule has 116 valence electrons. The van der Waals surface area contributed by atoms with Gasteiger partial charge in [0.05, 0.1) is 6.10 Å².